The van der Waals surface area contributed by atoms with Gasteiger partial charge < -0.3 is 10.1 Å². The molecule has 0 saturated carbocycles. The topological polar surface area (TPSA) is 92.8 Å². The molecule has 1 N–H and O–H groups in total. The first-order valence-corrected chi connectivity index (χ1v) is 11.3. The summed E-state index contributed by atoms with van der Waals surface area (Å²) in [5, 5.41) is 3.13. The molecule has 1 heterocycles. The first-order chi connectivity index (χ1) is 14.2. The van der Waals surface area contributed by atoms with Crippen LogP contribution in [0.15, 0.2) is 47.4 Å². The Morgan fingerprint density at radius 1 is 1.17 bits per heavy atom. The van der Waals surface area contributed by atoms with E-state index in [-0.39, 0.29) is 11.4 Å². The number of esters is 1. The SMILES string of the molecule is Cc1cccc(NC(=O)COC(=O)[C@@H]2CCCN2S(=O)(=O)c2ccc(Cl)cc2)c1C. The highest BCUT2D eigenvalue weighted by atomic mass is 35.5. The van der Waals surface area contributed by atoms with Gasteiger partial charge in [0.05, 0.1) is 4.90 Å². The Balaban J connectivity index is 1.63. The molecule has 0 bridgehead atoms. The summed E-state index contributed by atoms with van der Waals surface area (Å²) in [6.07, 6.45) is 0.867. The van der Waals surface area contributed by atoms with Gasteiger partial charge in [0.1, 0.15) is 6.04 Å². The van der Waals surface area contributed by atoms with Gasteiger partial charge in [0.15, 0.2) is 6.61 Å². The number of nitrogens with one attached hydrogen (secondary N) is 1. The quantitative estimate of drug-likeness (QED) is 0.681. The molecule has 2 aromatic carbocycles. The molecular formula is C21H23ClN2O5S. The zero-order valence-corrected chi connectivity index (χ0v) is 18.3. The number of hydrogen-bond acceptors (Lipinski definition) is 5. The fourth-order valence-electron chi connectivity index (χ4n) is 3.31. The molecule has 9 heteroatoms. The predicted octanol–water partition coefficient (Wildman–Crippen LogP) is 3.29. The van der Waals surface area contributed by atoms with Crippen LogP contribution in [0.2, 0.25) is 5.02 Å². The van der Waals surface area contributed by atoms with E-state index < -0.39 is 34.5 Å². The molecular weight excluding hydrogens is 428 g/mol. The van der Waals surface area contributed by atoms with Crippen LogP contribution < -0.4 is 5.32 Å². The predicted molar refractivity (Wildman–Crippen MR) is 114 cm³/mol. The van der Waals surface area contributed by atoms with E-state index in [0.717, 1.165) is 15.4 Å². The van der Waals surface area contributed by atoms with Crippen LogP contribution in [0.3, 0.4) is 0 Å². The van der Waals surface area contributed by atoms with Crippen LogP contribution in [0.5, 0.6) is 0 Å². The summed E-state index contributed by atoms with van der Waals surface area (Å²) >= 11 is 5.83. The molecule has 1 fully saturated rings. The standard InChI is InChI=1S/C21H23ClN2O5S/c1-14-5-3-6-18(15(14)2)23-20(25)13-29-21(26)19-7-4-12-24(19)30(27,28)17-10-8-16(22)9-11-17/h3,5-6,8-11,19H,4,7,12-13H2,1-2H3,(H,23,25)/t19-/m0/s1. The maximum atomic E-state index is 12.9. The van der Waals surface area contributed by atoms with E-state index >= 15 is 0 Å². The van der Waals surface area contributed by atoms with Crippen molar-refractivity contribution in [2.75, 3.05) is 18.5 Å². The van der Waals surface area contributed by atoms with E-state index in [0.29, 0.717) is 23.6 Å². The van der Waals surface area contributed by atoms with Crippen molar-refractivity contribution in [3.05, 3.63) is 58.6 Å². The van der Waals surface area contributed by atoms with E-state index in [9.17, 15) is 18.0 Å². The molecule has 3 rings (SSSR count). The Bertz CT molecular complexity index is 1050. The van der Waals surface area contributed by atoms with Gasteiger partial charge in [-0.3, -0.25) is 9.59 Å². The first-order valence-electron chi connectivity index (χ1n) is 9.50. The van der Waals surface area contributed by atoms with Crippen LogP contribution in [0.4, 0.5) is 5.69 Å². The second kappa shape index (κ2) is 9.16. The normalized spacial score (nSPS) is 17.0. The van der Waals surface area contributed by atoms with Crippen molar-refractivity contribution in [3.63, 3.8) is 0 Å². The zero-order valence-electron chi connectivity index (χ0n) is 16.7. The number of halogens is 1. The minimum absolute atomic E-state index is 0.0549. The Labute approximate surface area is 181 Å². The molecule has 0 radical (unpaired) electrons. The highest BCUT2D eigenvalue weighted by Crippen LogP contribution is 2.27. The molecule has 1 atom stereocenters. The largest absolute Gasteiger partial charge is 0.454 e. The Hall–Kier alpha value is -2.42. The minimum atomic E-state index is -3.87. The Morgan fingerprint density at radius 2 is 1.87 bits per heavy atom. The van der Waals surface area contributed by atoms with E-state index in [2.05, 4.69) is 5.32 Å². The van der Waals surface area contributed by atoms with Gasteiger partial charge >= 0.3 is 5.97 Å². The molecule has 1 aliphatic rings. The van der Waals surface area contributed by atoms with Gasteiger partial charge in [0.25, 0.3) is 5.91 Å². The monoisotopic (exact) mass is 450 g/mol. The van der Waals surface area contributed by atoms with E-state index in [1.165, 1.54) is 24.3 Å². The van der Waals surface area contributed by atoms with Gasteiger partial charge in [0, 0.05) is 17.3 Å². The molecule has 30 heavy (non-hydrogen) atoms. The Kier molecular flexibility index (Phi) is 6.80. The molecule has 2 aromatic rings. The van der Waals surface area contributed by atoms with Gasteiger partial charge in [-0.05, 0) is 68.1 Å². The van der Waals surface area contributed by atoms with Gasteiger partial charge in [-0.15, -0.1) is 0 Å². The van der Waals surface area contributed by atoms with E-state index in [1.54, 1.807) is 6.07 Å². The average Bonchev–Trinajstić information content (AvgIpc) is 3.21. The van der Waals surface area contributed by atoms with Crippen LogP contribution in [0.25, 0.3) is 0 Å². The van der Waals surface area contributed by atoms with Gasteiger partial charge in [-0.2, -0.15) is 4.31 Å². The number of rotatable bonds is 6. The first kappa shape index (κ1) is 22.3. The van der Waals surface area contributed by atoms with Crippen molar-refractivity contribution in [2.45, 2.75) is 37.6 Å². The molecule has 7 nitrogen and oxygen atoms in total. The smallest absolute Gasteiger partial charge is 0.324 e. The third kappa shape index (κ3) is 4.83. The third-order valence-corrected chi connectivity index (χ3v) is 7.29. The lowest BCUT2D eigenvalue weighted by atomic mass is 10.1. The summed E-state index contributed by atoms with van der Waals surface area (Å²) in [4.78, 5) is 24.8. The summed E-state index contributed by atoms with van der Waals surface area (Å²) < 4.78 is 32.1. The summed E-state index contributed by atoms with van der Waals surface area (Å²) in [7, 11) is -3.87. The number of benzene rings is 2. The van der Waals surface area contributed by atoms with Crippen molar-refractivity contribution < 1.29 is 22.7 Å². The van der Waals surface area contributed by atoms with Crippen LogP contribution in [-0.2, 0) is 24.3 Å². The van der Waals surface area contributed by atoms with Crippen molar-refractivity contribution in [1.82, 2.24) is 4.31 Å². The van der Waals surface area contributed by atoms with Crippen LogP contribution in [0, 0.1) is 13.8 Å². The summed E-state index contributed by atoms with van der Waals surface area (Å²) in [6.45, 7) is 3.53. The number of carbonyl (C=O) groups is 2. The van der Waals surface area contributed by atoms with Gasteiger partial charge in [-0.25, -0.2) is 8.42 Å². The second-order valence-corrected chi connectivity index (χ2v) is 9.46. The van der Waals surface area contributed by atoms with Crippen molar-refractivity contribution >= 4 is 39.2 Å². The zero-order chi connectivity index (χ0) is 21.9. The van der Waals surface area contributed by atoms with Crippen molar-refractivity contribution in [2.24, 2.45) is 0 Å². The number of ether oxygens (including phenoxy) is 1. The van der Waals surface area contributed by atoms with E-state index in [4.69, 9.17) is 16.3 Å². The fraction of sp³-hybridized carbons (Fsp3) is 0.333. The van der Waals surface area contributed by atoms with Crippen molar-refractivity contribution in [1.29, 1.82) is 0 Å². The van der Waals surface area contributed by atoms with Crippen molar-refractivity contribution in [3.8, 4) is 0 Å². The molecule has 0 aromatic heterocycles. The molecule has 1 saturated heterocycles. The fourth-order valence-corrected chi connectivity index (χ4v) is 5.08. The average molecular weight is 451 g/mol. The highest BCUT2D eigenvalue weighted by Gasteiger charge is 2.40. The summed E-state index contributed by atoms with van der Waals surface area (Å²) in [5.41, 5.74) is 2.59. The molecule has 1 aliphatic heterocycles. The molecule has 0 spiro atoms. The van der Waals surface area contributed by atoms with Gasteiger partial charge in [0.2, 0.25) is 10.0 Å². The Morgan fingerprint density at radius 3 is 2.57 bits per heavy atom. The second-order valence-electron chi connectivity index (χ2n) is 7.13. The molecule has 0 unspecified atom stereocenters. The van der Waals surface area contributed by atoms with Crippen LogP contribution >= 0.6 is 11.6 Å². The molecule has 1 amide bonds. The maximum Gasteiger partial charge on any atom is 0.324 e. The van der Waals surface area contributed by atoms with Gasteiger partial charge in [-0.1, -0.05) is 23.7 Å². The third-order valence-electron chi connectivity index (χ3n) is 5.12. The van der Waals surface area contributed by atoms with Crippen LogP contribution in [-0.4, -0.2) is 43.8 Å². The summed E-state index contributed by atoms with van der Waals surface area (Å²) in [5.74, 6) is -1.22. The number of amides is 1. The van der Waals surface area contributed by atoms with E-state index in [1.807, 2.05) is 26.0 Å². The highest BCUT2D eigenvalue weighted by molar-refractivity contribution is 7.89. The lowest BCUT2D eigenvalue weighted by molar-refractivity contribution is -0.150. The number of hydrogen-bond donors (Lipinski definition) is 1. The maximum absolute atomic E-state index is 12.9. The number of nitrogens with zero attached hydrogens (tertiary/aromatic N) is 1. The minimum Gasteiger partial charge on any atom is -0.454 e. The lowest BCUT2D eigenvalue weighted by Crippen LogP contribution is -2.42. The van der Waals surface area contributed by atoms with Crippen LogP contribution in [0.1, 0.15) is 24.0 Å². The number of sulfonamides is 1. The lowest BCUT2D eigenvalue weighted by Gasteiger charge is -2.22. The molecule has 160 valence electrons. The number of aryl methyl sites for hydroxylation is 1. The molecule has 0 aliphatic carbocycles. The number of carbonyl (C=O) groups excluding carboxylic acids is 2. The number of anilines is 1. The summed E-state index contributed by atoms with van der Waals surface area (Å²) in [6, 6.07) is 10.3.